The molecular formula is C78H48N6. The van der Waals surface area contributed by atoms with Crippen LogP contribution < -0.4 is 0 Å². The predicted octanol–water partition coefficient (Wildman–Crippen LogP) is 20.1. The summed E-state index contributed by atoms with van der Waals surface area (Å²) in [4.78, 5) is 29.3. The molecule has 0 spiro atoms. The van der Waals surface area contributed by atoms with Crippen molar-refractivity contribution in [3.05, 3.63) is 291 Å². The molecule has 6 aromatic heterocycles. The van der Waals surface area contributed by atoms with E-state index in [9.17, 15) is 0 Å². The van der Waals surface area contributed by atoms with Crippen LogP contribution in [-0.2, 0) is 0 Å². The molecule has 0 saturated carbocycles. The van der Waals surface area contributed by atoms with Gasteiger partial charge in [0.2, 0.25) is 0 Å². The minimum atomic E-state index is 0.932. The summed E-state index contributed by atoms with van der Waals surface area (Å²) < 4.78 is 0. The number of para-hydroxylation sites is 2. The minimum Gasteiger partial charge on any atom is -0.256 e. The van der Waals surface area contributed by atoms with Gasteiger partial charge in [-0.3, -0.25) is 9.97 Å². The van der Waals surface area contributed by atoms with Crippen molar-refractivity contribution in [1.82, 2.24) is 29.9 Å². The van der Waals surface area contributed by atoms with Gasteiger partial charge in [0.25, 0.3) is 0 Å². The Balaban J connectivity index is 0.000000138. The number of fused-ring (bicyclic) bond motifs is 10. The molecule has 0 N–H and O–H groups in total. The molecule has 0 bridgehead atoms. The summed E-state index contributed by atoms with van der Waals surface area (Å²) in [7, 11) is 0. The Morgan fingerprint density at radius 3 is 1.08 bits per heavy atom. The average molecular weight is 1070 g/mol. The standard InChI is InChI=1S/C41H25N3.C37H23N3/c1-2-10-32-29(7-1)25-36(34-12-4-3-11-33(32)34)40-21-17-31-24-28(15-19-38(31)44-40)27-14-18-37-30(23-27)16-20-39(43-37)35-13-5-8-26-9-6-22-42-41(26)35;1-2-6-26-21-29(11-10-24(26)5-1)34-18-14-30-22-27(12-16-33(30)39-34)28-13-17-35-31(23-28)15-19-36(40-35)32-9-3-7-25-8-4-20-38-37(25)32/h1-25H;1-23H. The summed E-state index contributed by atoms with van der Waals surface area (Å²) in [6.07, 6.45) is 3.67. The Kier molecular flexibility index (Phi) is 11.8. The highest BCUT2D eigenvalue weighted by Gasteiger charge is 2.14. The molecule has 17 aromatic rings. The van der Waals surface area contributed by atoms with Gasteiger partial charge < -0.3 is 0 Å². The molecule has 0 atom stereocenters. The van der Waals surface area contributed by atoms with Crippen LogP contribution in [0.15, 0.2) is 291 Å². The largest absolute Gasteiger partial charge is 0.256 e. The molecule has 0 aliphatic heterocycles. The van der Waals surface area contributed by atoms with Crippen LogP contribution in [0.3, 0.4) is 0 Å². The van der Waals surface area contributed by atoms with Gasteiger partial charge in [0.05, 0.1) is 55.9 Å². The van der Waals surface area contributed by atoms with Crippen molar-refractivity contribution in [2.75, 3.05) is 0 Å². The molecule has 0 amide bonds. The van der Waals surface area contributed by atoms with Crippen LogP contribution in [0, 0.1) is 0 Å². The maximum Gasteiger partial charge on any atom is 0.0795 e. The number of pyridine rings is 6. The normalized spacial score (nSPS) is 11.6. The Hall–Kier alpha value is -11.3. The van der Waals surface area contributed by atoms with Gasteiger partial charge in [0.1, 0.15) is 0 Å². The molecular weight excluding hydrogens is 1020 g/mol. The molecule has 0 aliphatic carbocycles. The van der Waals surface area contributed by atoms with Crippen molar-refractivity contribution in [1.29, 1.82) is 0 Å². The van der Waals surface area contributed by atoms with Gasteiger partial charge in [-0.25, -0.2) is 19.9 Å². The van der Waals surface area contributed by atoms with Crippen molar-refractivity contribution >= 4 is 97.7 Å². The highest BCUT2D eigenvalue weighted by Crippen LogP contribution is 2.37. The third-order valence-corrected chi connectivity index (χ3v) is 16.3. The zero-order valence-corrected chi connectivity index (χ0v) is 45.4. The van der Waals surface area contributed by atoms with Crippen LogP contribution in [0.4, 0.5) is 0 Å². The Morgan fingerprint density at radius 2 is 0.560 bits per heavy atom. The first-order valence-corrected chi connectivity index (χ1v) is 28.3. The summed E-state index contributed by atoms with van der Waals surface area (Å²) in [6, 6.07) is 98.1. The number of benzene rings is 11. The van der Waals surface area contributed by atoms with E-state index in [0.717, 1.165) is 133 Å². The van der Waals surface area contributed by atoms with E-state index in [2.05, 4.69) is 277 Å². The first kappa shape index (κ1) is 48.6. The van der Waals surface area contributed by atoms with Crippen molar-refractivity contribution in [3.8, 4) is 67.3 Å². The second-order valence-electron chi connectivity index (χ2n) is 21.4. The molecule has 6 heterocycles. The van der Waals surface area contributed by atoms with Gasteiger partial charge in [-0.05, 0) is 152 Å². The lowest BCUT2D eigenvalue weighted by Gasteiger charge is -2.12. The predicted molar refractivity (Wildman–Crippen MR) is 350 cm³/mol. The van der Waals surface area contributed by atoms with Crippen LogP contribution in [0.5, 0.6) is 0 Å². The lowest BCUT2D eigenvalue weighted by molar-refractivity contribution is 1.37. The van der Waals surface area contributed by atoms with E-state index >= 15 is 0 Å². The summed E-state index contributed by atoms with van der Waals surface area (Å²) in [5, 5.41) is 14.1. The molecule has 6 heteroatoms. The number of aromatic nitrogens is 6. The highest BCUT2D eigenvalue weighted by molar-refractivity contribution is 6.14. The summed E-state index contributed by atoms with van der Waals surface area (Å²) in [5.74, 6) is 0. The first-order chi connectivity index (χ1) is 41.6. The van der Waals surface area contributed by atoms with Gasteiger partial charge in [-0.2, -0.15) is 0 Å². The lowest BCUT2D eigenvalue weighted by atomic mass is 9.95. The molecule has 6 nitrogen and oxygen atoms in total. The molecule has 0 unspecified atom stereocenters. The van der Waals surface area contributed by atoms with E-state index in [1.54, 1.807) is 0 Å². The van der Waals surface area contributed by atoms with Crippen LogP contribution in [0.2, 0.25) is 0 Å². The quantitative estimate of drug-likeness (QED) is 0.154. The van der Waals surface area contributed by atoms with E-state index in [4.69, 9.17) is 19.9 Å². The smallest absolute Gasteiger partial charge is 0.0795 e. The Labute approximate surface area is 483 Å². The van der Waals surface area contributed by atoms with E-state index in [-0.39, 0.29) is 0 Å². The van der Waals surface area contributed by atoms with Crippen molar-refractivity contribution in [2.24, 2.45) is 0 Å². The van der Waals surface area contributed by atoms with Crippen LogP contribution in [0.25, 0.3) is 165 Å². The van der Waals surface area contributed by atoms with E-state index in [1.807, 2.05) is 24.5 Å². The van der Waals surface area contributed by atoms with Crippen molar-refractivity contribution in [3.63, 3.8) is 0 Å². The second-order valence-corrected chi connectivity index (χ2v) is 21.4. The maximum atomic E-state index is 5.13. The van der Waals surface area contributed by atoms with Crippen molar-refractivity contribution < 1.29 is 0 Å². The van der Waals surface area contributed by atoms with E-state index in [0.29, 0.717) is 0 Å². The molecule has 0 aliphatic rings. The second kappa shape index (κ2) is 20.3. The summed E-state index contributed by atoms with van der Waals surface area (Å²) >= 11 is 0. The fraction of sp³-hybridized carbons (Fsp3) is 0. The molecule has 0 fully saturated rings. The number of hydrogen-bond acceptors (Lipinski definition) is 6. The zero-order chi connectivity index (χ0) is 55.5. The molecule has 0 saturated heterocycles. The number of nitrogens with zero attached hydrogens (tertiary/aromatic N) is 6. The monoisotopic (exact) mass is 1070 g/mol. The number of hydrogen-bond donors (Lipinski definition) is 0. The third-order valence-electron chi connectivity index (χ3n) is 16.3. The first-order valence-electron chi connectivity index (χ1n) is 28.3. The molecule has 11 aromatic carbocycles. The van der Waals surface area contributed by atoms with Gasteiger partial charge in [0, 0.05) is 67.0 Å². The maximum absolute atomic E-state index is 5.13. The minimum absolute atomic E-state index is 0.932. The highest BCUT2D eigenvalue weighted by atomic mass is 14.7. The summed E-state index contributed by atoms with van der Waals surface area (Å²) in [5.41, 5.74) is 18.7. The van der Waals surface area contributed by atoms with Gasteiger partial charge in [-0.1, -0.05) is 182 Å². The fourth-order valence-corrected chi connectivity index (χ4v) is 12.1. The van der Waals surface area contributed by atoms with E-state index < -0.39 is 0 Å². The van der Waals surface area contributed by atoms with Gasteiger partial charge >= 0.3 is 0 Å². The molecule has 390 valence electrons. The molecule has 17 rings (SSSR count). The van der Waals surface area contributed by atoms with Crippen LogP contribution >= 0.6 is 0 Å². The van der Waals surface area contributed by atoms with Crippen LogP contribution in [0.1, 0.15) is 0 Å². The lowest BCUT2D eigenvalue weighted by Crippen LogP contribution is -1.90. The summed E-state index contributed by atoms with van der Waals surface area (Å²) in [6.45, 7) is 0. The van der Waals surface area contributed by atoms with Crippen LogP contribution in [-0.4, -0.2) is 29.9 Å². The Bertz CT molecular complexity index is 5470. The fourth-order valence-electron chi connectivity index (χ4n) is 12.1. The molecule has 0 radical (unpaired) electrons. The third kappa shape index (κ3) is 8.87. The van der Waals surface area contributed by atoms with E-state index in [1.165, 1.54) is 32.3 Å². The average Bonchev–Trinajstić information content (AvgIpc) is 3.66. The number of rotatable bonds is 6. The van der Waals surface area contributed by atoms with Crippen molar-refractivity contribution in [2.45, 2.75) is 0 Å². The molecule has 84 heavy (non-hydrogen) atoms. The topological polar surface area (TPSA) is 77.3 Å². The zero-order valence-electron chi connectivity index (χ0n) is 45.4. The van der Waals surface area contributed by atoms with Gasteiger partial charge in [0.15, 0.2) is 0 Å². The SMILES string of the molecule is c1ccc2cc(-c3ccc4cc(-c5ccc6nc(-c7cccc8cccnc78)ccc6c5)ccc4n3)ccc2c1.c1cnc2c(-c3ccc4cc(-c5ccc6nc(-c7cc8ccccc8c8ccccc78)ccc6c5)ccc4n3)cccc2c1. The Morgan fingerprint density at radius 1 is 0.190 bits per heavy atom. The van der Waals surface area contributed by atoms with Gasteiger partial charge in [-0.15, -0.1) is 0 Å².